The van der Waals surface area contributed by atoms with Crippen molar-refractivity contribution in [1.29, 1.82) is 0 Å². The second-order valence-corrected chi connectivity index (χ2v) is 9.10. The molecule has 2 aromatic carbocycles. The van der Waals surface area contributed by atoms with Crippen LogP contribution in [0.15, 0.2) is 51.8 Å². The average molecular weight is 538 g/mol. The Bertz CT molecular complexity index is 1100. The van der Waals surface area contributed by atoms with Crippen molar-refractivity contribution in [2.45, 2.75) is 30.0 Å². The number of aliphatic hydroxyl groups excluding tert-OH is 1. The fraction of sp³-hybridized carbons (Fsp3) is 0.222. The number of sulfonamides is 1. The zero-order valence-electron chi connectivity index (χ0n) is 14.6. The lowest BCUT2D eigenvalue weighted by molar-refractivity contribution is -0.137. The van der Waals surface area contributed by atoms with Gasteiger partial charge in [0.15, 0.2) is 11.6 Å². The van der Waals surface area contributed by atoms with Crippen molar-refractivity contribution in [3.63, 3.8) is 0 Å². The van der Waals surface area contributed by atoms with Gasteiger partial charge in [-0.15, -0.1) is 4.40 Å². The maximum atomic E-state index is 12.8. The fourth-order valence-corrected chi connectivity index (χ4v) is 4.59. The van der Waals surface area contributed by atoms with Crippen LogP contribution in [0.5, 0.6) is 0 Å². The highest BCUT2D eigenvalue weighted by Gasteiger charge is 2.31. The Kier molecular flexibility index (Phi) is 6.01. The van der Waals surface area contributed by atoms with Crippen molar-refractivity contribution >= 4 is 49.9 Å². The Labute approximate surface area is 178 Å². The number of alkyl halides is 3. The number of rotatable bonds is 5. The van der Waals surface area contributed by atoms with Crippen LogP contribution in [-0.2, 0) is 21.0 Å². The minimum atomic E-state index is -4.55. The molecule has 3 rings (SSSR count). The quantitative estimate of drug-likeness (QED) is 0.564. The Hall–Kier alpha value is -1.99. The predicted molar refractivity (Wildman–Crippen MR) is 108 cm³/mol. The van der Waals surface area contributed by atoms with Crippen molar-refractivity contribution in [2.75, 3.05) is 5.32 Å². The number of aliphatic hydroxyl groups is 1. The summed E-state index contributed by atoms with van der Waals surface area (Å²) < 4.78 is 67.1. The number of hydrogen-bond acceptors (Lipinski definition) is 5. The molecule has 1 aliphatic heterocycles. The second-order valence-electron chi connectivity index (χ2n) is 6.28. The summed E-state index contributed by atoms with van der Waals surface area (Å²) >= 11 is 1.95. The molecule has 6 nitrogen and oxygen atoms in total. The van der Waals surface area contributed by atoms with Crippen LogP contribution >= 0.6 is 22.6 Å². The molecule has 2 aromatic rings. The van der Waals surface area contributed by atoms with Crippen LogP contribution in [-0.4, -0.2) is 25.1 Å². The van der Waals surface area contributed by atoms with E-state index in [4.69, 9.17) is 0 Å². The molecule has 0 aromatic heterocycles. The number of nitrogens with one attached hydrogen (secondary N) is 1. The van der Waals surface area contributed by atoms with E-state index in [0.717, 1.165) is 12.1 Å². The van der Waals surface area contributed by atoms with Gasteiger partial charge in [-0.05, 0) is 64.9 Å². The zero-order valence-corrected chi connectivity index (χ0v) is 17.5. The molecule has 0 radical (unpaired) electrons. The van der Waals surface area contributed by atoms with Gasteiger partial charge in [-0.25, -0.2) is 0 Å². The molecule has 0 saturated carbocycles. The topological polar surface area (TPSA) is 95.8 Å². The maximum absolute atomic E-state index is 12.8. The number of Topliss-reactive ketones (excluding diaryl/α,β-unsaturated/α-hetero) is 1. The number of halogens is 4. The zero-order chi connectivity index (χ0) is 21.4. The van der Waals surface area contributed by atoms with Gasteiger partial charge >= 0.3 is 6.18 Å². The summed E-state index contributed by atoms with van der Waals surface area (Å²) in [5.41, 5.74) is -0.683. The number of benzene rings is 2. The van der Waals surface area contributed by atoms with E-state index in [0.29, 0.717) is 3.57 Å². The van der Waals surface area contributed by atoms with Gasteiger partial charge in [0.1, 0.15) is 4.90 Å². The molecule has 29 heavy (non-hydrogen) atoms. The largest absolute Gasteiger partial charge is 0.416 e. The third-order valence-corrected chi connectivity index (χ3v) is 6.18. The predicted octanol–water partition coefficient (Wildman–Crippen LogP) is 3.91. The van der Waals surface area contributed by atoms with Crippen molar-refractivity contribution in [2.24, 2.45) is 4.40 Å². The summed E-state index contributed by atoms with van der Waals surface area (Å²) in [5, 5.41) is 12.8. The number of carbonyl (C=O) groups is 1. The van der Waals surface area contributed by atoms with Crippen molar-refractivity contribution in [1.82, 2.24) is 0 Å². The Morgan fingerprint density at radius 1 is 1.21 bits per heavy atom. The van der Waals surface area contributed by atoms with Gasteiger partial charge in [0.25, 0.3) is 10.0 Å². The van der Waals surface area contributed by atoms with Crippen molar-refractivity contribution < 1.29 is 31.5 Å². The number of ketones is 1. The third-order valence-electron chi connectivity index (χ3n) is 4.19. The summed E-state index contributed by atoms with van der Waals surface area (Å²) in [7, 11) is -4.06. The van der Waals surface area contributed by atoms with Gasteiger partial charge in [0.05, 0.1) is 17.4 Å². The van der Waals surface area contributed by atoms with Gasteiger partial charge in [-0.1, -0.05) is 12.1 Å². The van der Waals surface area contributed by atoms with Gasteiger partial charge in [-0.3, -0.25) is 4.79 Å². The molecule has 1 heterocycles. The lowest BCUT2D eigenvalue weighted by Gasteiger charge is -2.18. The van der Waals surface area contributed by atoms with Crippen molar-refractivity contribution in [3.8, 4) is 0 Å². The fourth-order valence-electron chi connectivity index (χ4n) is 2.73. The number of carbonyl (C=O) groups excluding carboxylic acids is 1. The molecule has 0 amide bonds. The highest BCUT2D eigenvalue weighted by molar-refractivity contribution is 14.1. The number of nitrogens with zero attached hydrogens (tertiary/aromatic N) is 1. The van der Waals surface area contributed by atoms with E-state index in [9.17, 15) is 31.5 Å². The normalized spacial score (nSPS) is 16.4. The van der Waals surface area contributed by atoms with Crippen LogP contribution in [0, 0.1) is 3.57 Å². The molecule has 1 aliphatic rings. The summed E-state index contributed by atoms with van der Waals surface area (Å²) in [6.07, 6.45) is -6.37. The van der Waals surface area contributed by atoms with Crippen LogP contribution in [0.25, 0.3) is 0 Å². The van der Waals surface area contributed by atoms with E-state index < -0.39 is 39.5 Å². The second kappa shape index (κ2) is 8.03. The number of amidine groups is 1. The summed E-state index contributed by atoms with van der Waals surface area (Å²) in [6, 6.07) is 8.77. The van der Waals surface area contributed by atoms with E-state index >= 15 is 0 Å². The first-order valence-corrected chi connectivity index (χ1v) is 10.8. The maximum Gasteiger partial charge on any atom is 0.416 e. The Morgan fingerprint density at radius 3 is 2.62 bits per heavy atom. The van der Waals surface area contributed by atoms with Gasteiger partial charge in [0.2, 0.25) is 0 Å². The van der Waals surface area contributed by atoms with E-state index in [1.165, 1.54) is 24.3 Å². The smallest absolute Gasteiger partial charge is 0.388 e. The lowest BCUT2D eigenvalue weighted by atomic mass is 10.0. The molecule has 0 bridgehead atoms. The number of hydrogen-bond donors (Lipinski definition) is 2. The third kappa shape index (κ3) is 4.95. The standard InChI is InChI=1S/C18H14F3IN2O4S/c19-18(20,21)11-3-1-2-10(8-11)14(25)6-7-15(26)17-23-13-5-4-12(22)9-16(13)29(27,28)24-17/h1-5,8-9,14,25H,6-7H2,(H,23,24). The van der Waals surface area contributed by atoms with Crippen LogP contribution in [0.2, 0.25) is 0 Å². The molecule has 1 atom stereocenters. The first kappa shape index (κ1) is 21.7. The Balaban J connectivity index is 1.72. The van der Waals surface area contributed by atoms with Gasteiger partial charge in [0, 0.05) is 9.99 Å². The molecule has 11 heteroatoms. The first-order valence-electron chi connectivity index (χ1n) is 8.27. The molecule has 0 spiro atoms. The molecular formula is C18H14F3IN2O4S. The molecule has 0 saturated heterocycles. The molecule has 2 N–H and O–H groups in total. The summed E-state index contributed by atoms with van der Waals surface area (Å²) in [4.78, 5) is 12.3. The summed E-state index contributed by atoms with van der Waals surface area (Å²) in [5.74, 6) is -1.07. The minimum absolute atomic E-state index is 0.0127. The van der Waals surface area contributed by atoms with E-state index in [2.05, 4.69) is 9.71 Å². The minimum Gasteiger partial charge on any atom is -0.388 e. The van der Waals surface area contributed by atoms with Crippen LogP contribution < -0.4 is 5.32 Å². The highest BCUT2D eigenvalue weighted by atomic mass is 127. The van der Waals surface area contributed by atoms with Crippen LogP contribution in [0.3, 0.4) is 0 Å². The van der Waals surface area contributed by atoms with E-state index in [1.54, 1.807) is 6.07 Å². The van der Waals surface area contributed by atoms with Gasteiger partial charge < -0.3 is 10.4 Å². The SMILES string of the molecule is O=C(CCC(O)c1cccc(C(F)(F)F)c1)C1=NS(=O)(=O)c2cc(I)ccc2N1. The first-order chi connectivity index (χ1) is 13.5. The lowest BCUT2D eigenvalue weighted by Crippen LogP contribution is -2.29. The van der Waals surface area contributed by atoms with Crippen molar-refractivity contribution in [3.05, 3.63) is 57.2 Å². The highest BCUT2D eigenvalue weighted by Crippen LogP contribution is 2.32. The van der Waals surface area contributed by atoms with Crippen LogP contribution in [0.4, 0.5) is 18.9 Å². The molecule has 0 fully saturated rings. The summed E-state index contributed by atoms with van der Waals surface area (Å²) in [6.45, 7) is 0. The van der Waals surface area contributed by atoms with Gasteiger partial charge in [-0.2, -0.15) is 21.6 Å². The molecule has 0 aliphatic carbocycles. The van der Waals surface area contributed by atoms with E-state index in [-0.39, 0.29) is 29.0 Å². The number of anilines is 1. The Morgan fingerprint density at radius 2 is 1.93 bits per heavy atom. The van der Waals surface area contributed by atoms with Crippen LogP contribution in [0.1, 0.15) is 30.1 Å². The van der Waals surface area contributed by atoms with E-state index in [1.807, 2.05) is 22.6 Å². The monoisotopic (exact) mass is 538 g/mol. The average Bonchev–Trinajstić information content (AvgIpc) is 2.65. The molecular weight excluding hydrogens is 524 g/mol. The number of fused-ring (bicyclic) bond motifs is 1. The molecule has 1 unspecified atom stereocenters. The molecule has 154 valence electrons.